The summed E-state index contributed by atoms with van der Waals surface area (Å²) in [7, 11) is 0. The Morgan fingerprint density at radius 1 is 1.62 bits per heavy atom. The standard InChI is InChI=1S/C10H15N3O2S/c1-6-2-7(10(11)12)3-9(13-6)16-5-8(15)4-14/h2-3,8,14-15H,4-5H2,1H3,(H3,11,12). The van der Waals surface area contributed by atoms with Gasteiger partial charge in [-0.2, -0.15) is 0 Å². The lowest BCUT2D eigenvalue weighted by Gasteiger charge is -2.08. The Hall–Kier alpha value is -1.11. The minimum absolute atomic E-state index is 0.00458. The molecule has 1 aromatic rings. The number of hydrogen-bond acceptors (Lipinski definition) is 5. The van der Waals surface area contributed by atoms with Gasteiger partial charge in [-0.25, -0.2) is 4.98 Å². The van der Waals surface area contributed by atoms with E-state index >= 15 is 0 Å². The van der Waals surface area contributed by atoms with Crippen molar-refractivity contribution in [2.75, 3.05) is 12.4 Å². The van der Waals surface area contributed by atoms with Crippen LogP contribution in [0.4, 0.5) is 0 Å². The summed E-state index contributed by atoms with van der Waals surface area (Å²) in [4.78, 5) is 4.24. The molecule has 1 rings (SSSR count). The first-order valence-corrected chi connectivity index (χ1v) is 5.76. The molecule has 5 nitrogen and oxygen atoms in total. The molecular formula is C10H15N3O2S. The third-order valence-electron chi connectivity index (χ3n) is 1.88. The molecule has 1 atom stereocenters. The Labute approximate surface area is 98.2 Å². The fourth-order valence-electron chi connectivity index (χ4n) is 1.10. The van der Waals surface area contributed by atoms with Crippen LogP contribution in [0.2, 0.25) is 0 Å². The van der Waals surface area contributed by atoms with Crippen LogP contribution in [-0.4, -0.2) is 39.5 Å². The second-order valence-corrected chi connectivity index (χ2v) is 4.44. The van der Waals surface area contributed by atoms with Gasteiger partial charge < -0.3 is 15.9 Å². The number of rotatable bonds is 5. The minimum atomic E-state index is -0.756. The van der Waals surface area contributed by atoms with Crippen LogP contribution in [0.25, 0.3) is 0 Å². The molecule has 0 fully saturated rings. The van der Waals surface area contributed by atoms with Crippen LogP contribution in [0.15, 0.2) is 17.2 Å². The largest absolute Gasteiger partial charge is 0.394 e. The van der Waals surface area contributed by atoms with Gasteiger partial charge in [0.2, 0.25) is 0 Å². The zero-order chi connectivity index (χ0) is 12.1. The fraction of sp³-hybridized carbons (Fsp3) is 0.400. The van der Waals surface area contributed by atoms with Gasteiger partial charge in [-0.3, -0.25) is 5.41 Å². The van der Waals surface area contributed by atoms with Crippen LogP contribution in [-0.2, 0) is 0 Å². The third kappa shape index (κ3) is 3.80. The molecule has 0 spiro atoms. The first kappa shape index (κ1) is 13.0. The van der Waals surface area contributed by atoms with Gasteiger partial charge in [-0.15, -0.1) is 11.8 Å². The van der Waals surface area contributed by atoms with E-state index in [4.69, 9.17) is 16.2 Å². The molecule has 0 bridgehead atoms. The fourth-order valence-corrected chi connectivity index (χ4v) is 1.99. The quantitative estimate of drug-likeness (QED) is 0.333. The van der Waals surface area contributed by atoms with Crippen LogP contribution in [0.1, 0.15) is 11.3 Å². The number of aliphatic hydroxyl groups is 2. The van der Waals surface area contributed by atoms with Gasteiger partial charge >= 0.3 is 0 Å². The molecule has 0 amide bonds. The van der Waals surface area contributed by atoms with Crippen molar-refractivity contribution in [1.29, 1.82) is 5.41 Å². The van der Waals surface area contributed by atoms with E-state index < -0.39 is 6.10 Å². The van der Waals surface area contributed by atoms with Gasteiger partial charge in [0, 0.05) is 17.0 Å². The van der Waals surface area contributed by atoms with Crippen molar-refractivity contribution >= 4 is 17.6 Å². The number of aryl methyl sites for hydroxylation is 1. The molecule has 88 valence electrons. The SMILES string of the molecule is Cc1cc(C(=N)N)cc(SCC(O)CO)n1. The molecule has 1 unspecified atom stereocenters. The van der Waals surface area contributed by atoms with E-state index in [1.807, 2.05) is 6.92 Å². The third-order valence-corrected chi connectivity index (χ3v) is 2.93. The Bertz CT molecular complexity index is 384. The molecule has 0 radical (unpaired) electrons. The molecule has 0 aliphatic carbocycles. The topological polar surface area (TPSA) is 103 Å². The Morgan fingerprint density at radius 2 is 2.31 bits per heavy atom. The van der Waals surface area contributed by atoms with Crippen LogP contribution < -0.4 is 5.73 Å². The molecule has 0 aromatic carbocycles. The highest BCUT2D eigenvalue weighted by molar-refractivity contribution is 7.99. The maximum Gasteiger partial charge on any atom is 0.122 e. The van der Waals surface area contributed by atoms with E-state index in [2.05, 4.69) is 4.98 Å². The number of nitrogens with zero attached hydrogens (tertiary/aromatic N) is 1. The number of nitrogens with one attached hydrogen (secondary N) is 1. The van der Waals surface area contributed by atoms with E-state index in [9.17, 15) is 5.11 Å². The lowest BCUT2D eigenvalue weighted by molar-refractivity contribution is 0.113. The monoisotopic (exact) mass is 241 g/mol. The van der Waals surface area contributed by atoms with Gasteiger partial charge in [0.25, 0.3) is 0 Å². The van der Waals surface area contributed by atoms with Crippen molar-refractivity contribution < 1.29 is 10.2 Å². The molecule has 6 heteroatoms. The zero-order valence-corrected chi connectivity index (χ0v) is 9.79. The first-order chi connectivity index (χ1) is 7.52. The van der Waals surface area contributed by atoms with Crippen molar-refractivity contribution in [1.82, 2.24) is 4.98 Å². The number of nitrogen functional groups attached to an aromatic ring is 1. The predicted molar refractivity (Wildman–Crippen MR) is 63.8 cm³/mol. The smallest absolute Gasteiger partial charge is 0.122 e. The lowest BCUT2D eigenvalue weighted by Crippen LogP contribution is -2.15. The van der Waals surface area contributed by atoms with E-state index in [1.54, 1.807) is 12.1 Å². The van der Waals surface area contributed by atoms with E-state index in [1.165, 1.54) is 11.8 Å². The normalized spacial score (nSPS) is 12.4. The highest BCUT2D eigenvalue weighted by Crippen LogP contribution is 2.18. The average Bonchev–Trinajstić information content (AvgIpc) is 2.25. The number of amidine groups is 1. The molecule has 0 aliphatic rings. The molecule has 1 heterocycles. The van der Waals surface area contributed by atoms with E-state index in [0.717, 1.165) is 5.69 Å². The molecule has 0 saturated carbocycles. The molecular weight excluding hydrogens is 226 g/mol. The van der Waals surface area contributed by atoms with E-state index in [0.29, 0.717) is 16.3 Å². The lowest BCUT2D eigenvalue weighted by atomic mass is 10.2. The summed E-state index contributed by atoms with van der Waals surface area (Å²) in [5, 5.41) is 25.9. The molecule has 0 saturated heterocycles. The van der Waals surface area contributed by atoms with Gasteiger partial charge in [0.1, 0.15) is 5.84 Å². The number of nitrogens with two attached hydrogens (primary N) is 1. The summed E-state index contributed by atoms with van der Waals surface area (Å²) >= 11 is 1.33. The number of thioether (sulfide) groups is 1. The second-order valence-electron chi connectivity index (χ2n) is 3.40. The number of hydrogen-bond donors (Lipinski definition) is 4. The number of aliphatic hydroxyl groups excluding tert-OH is 2. The maximum absolute atomic E-state index is 9.20. The van der Waals surface area contributed by atoms with Crippen molar-refractivity contribution in [2.24, 2.45) is 5.73 Å². The van der Waals surface area contributed by atoms with Crippen molar-refractivity contribution in [2.45, 2.75) is 18.1 Å². The predicted octanol–water partition coefficient (Wildman–Crippen LogP) is 0.119. The summed E-state index contributed by atoms with van der Waals surface area (Å²) in [6, 6.07) is 3.43. The van der Waals surface area contributed by atoms with Gasteiger partial charge in [0.05, 0.1) is 17.7 Å². The Morgan fingerprint density at radius 3 is 2.88 bits per heavy atom. The molecule has 5 N–H and O–H groups in total. The highest BCUT2D eigenvalue weighted by atomic mass is 32.2. The second kappa shape index (κ2) is 5.83. The van der Waals surface area contributed by atoms with Crippen molar-refractivity contribution in [3.63, 3.8) is 0 Å². The van der Waals surface area contributed by atoms with Gasteiger partial charge in [0.15, 0.2) is 0 Å². The van der Waals surface area contributed by atoms with E-state index in [-0.39, 0.29) is 12.4 Å². The van der Waals surface area contributed by atoms with Crippen LogP contribution in [0.5, 0.6) is 0 Å². The van der Waals surface area contributed by atoms with Crippen molar-refractivity contribution in [3.8, 4) is 0 Å². The summed E-state index contributed by atoms with van der Waals surface area (Å²) < 4.78 is 0. The summed E-state index contributed by atoms with van der Waals surface area (Å²) in [5.74, 6) is 0.361. The molecule has 16 heavy (non-hydrogen) atoms. The number of aromatic nitrogens is 1. The van der Waals surface area contributed by atoms with Crippen LogP contribution in [0, 0.1) is 12.3 Å². The Balaban J connectivity index is 2.76. The van der Waals surface area contributed by atoms with Crippen LogP contribution in [0.3, 0.4) is 0 Å². The Kier molecular flexibility index (Phi) is 4.72. The zero-order valence-electron chi connectivity index (χ0n) is 8.97. The summed E-state index contributed by atoms with van der Waals surface area (Å²) in [6.07, 6.45) is -0.756. The highest BCUT2D eigenvalue weighted by Gasteiger charge is 2.06. The first-order valence-electron chi connectivity index (χ1n) is 4.77. The average molecular weight is 241 g/mol. The van der Waals surface area contributed by atoms with Gasteiger partial charge in [-0.05, 0) is 19.1 Å². The maximum atomic E-state index is 9.20. The van der Waals surface area contributed by atoms with Crippen molar-refractivity contribution in [3.05, 3.63) is 23.4 Å². The minimum Gasteiger partial charge on any atom is -0.394 e. The molecule has 0 aliphatic heterocycles. The van der Waals surface area contributed by atoms with Gasteiger partial charge in [-0.1, -0.05) is 0 Å². The summed E-state index contributed by atoms with van der Waals surface area (Å²) in [5.41, 5.74) is 6.78. The number of pyridine rings is 1. The van der Waals surface area contributed by atoms with Crippen LogP contribution >= 0.6 is 11.8 Å². The molecule has 1 aromatic heterocycles. The summed E-state index contributed by atoms with van der Waals surface area (Å²) in [6.45, 7) is 1.55.